The third kappa shape index (κ3) is 2.64. The maximum Gasteiger partial charge on any atom is 0.0124 e. The molecule has 1 aromatic heterocycles. The van der Waals surface area contributed by atoms with Crippen LogP contribution in [0.15, 0.2) is 24.4 Å². The first-order valence-electron chi connectivity index (χ1n) is 6.01. The quantitative estimate of drug-likeness (QED) is 0.845. The van der Waals surface area contributed by atoms with Gasteiger partial charge in [0.25, 0.3) is 0 Å². The summed E-state index contributed by atoms with van der Waals surface area (Å²) in [7, 11) is 2.23. The molecule has 1 N–H and O–H groups in total. The second-order valence-corrected chi connectivity index (χ2v) is 4.77. The van der Waals surface area contributed by atoms with Gasteiger partial charge in [-0.25, -0.2) is 0 Å². The summed E-state index contributed by atoms with van der Waals surface area (Å²) < 4.78 is 0. The number of aromatic amines is 1. The smallest absolute Gasteiger partial charge is 0.0124 e. The minimum absolute atomic E-state index is 0. The number of nitrogens with one attached hydrogen (secondary N) is 1. The number of H-pyrrole nitrogens is 1. The Morgan fingerprint density at radius 2 is 2.41 bits per heavy atom. The van der Waals surface area contributed by atoms with Crippen molar-refractivity contribution in [1.82, 2.24) is 9.88 Å². The molecule has 2 aromatic rings. The van der Waals surface area contributed by atoms with Gasteiger partial charge in [-0.2, -0.15) is 18.2 Å². The molecule has 1 radical (unpaired) electrons. The fourth-order valence-electron chi connectivity index (χ4n) is 2.72. The van der Waals surface area contributed by atoms with Crippen molar-refractivity contribution in [1.29, 1.82) is 0 Å². The number of likely N-dealkylation sites (tertiary alicyclic amines) is 1. The number of fused-ring (bicyclic) bond motifs is 1. The van der Waals surface area contributed by atoms with Crippen LogP contribution in [0.1, 0.15) is 18.4 Å². The van der Waals surface area contributed by atoms with E-state index >= 15 is 0 Å². The fourth-order valence-corrected chi connectivity index (χ4v) is 2.72. The van der Waals surface area contributed by atoms with Crippen LogP contribution >= 0.6 is 0 Å². The van der Waals surface area contributed by atoms with E-state index in [4.69, 9.17) is 0 Å². The molecule has 2 heterocycles. The Hall–Kier alpha value is -0.176. The number of benzene rings is 1. The molecule has 1 aromatic carbocycles. The number of likely N-dealkylation sites (N-methyl/N-ethyl adjacent to an activating group) is 1. The van der Waals surface area contributed by atoms with E-state index in [9.17, 15) is 0 Å². The molecule has 1 fully saturated rings. The van der Waals surface area contributed by atoms with E-state index in [-0.39, 0.29) is 32.7 Å². The molecule has 17 heavy (non-hydrogen) atoms. The van der Waals surface area contributed by atoms with Gasteiger partial charge >= 0.3 is 0 Å². The van der Waals surface area contributed by atoms with Gasteiger partial charge in [0.1, 0.15) is 0 Å². The largest absolute Gasteiger partial charge is 0.384 e. The van der Waals surface area contributed by atoms with Crippen LogP contribution in [-0.2, 0) is 39.1 Å². The van der Waals surface area contributed by atoms with Crippen LogP contribution in [-0.4, -0.2) is 29.5 Å². The second-order valence-electron chi connectivity index (χ2n) is 4.77. The van der Waals surface area contributed by atoms with Gasteiger partial charge in [-0.1, -0.05) is 11.1 Å². The Balaban J connectivity index is 0.00000108. The minimum Gasteiger partial charge on any atom is -0.384 e. The number of nitrogens with zero attached hydrogens (tertiary/aromatic N) is 1. The summed E-state index contributed by atoms with van der Waals surface area (Å²) in [5.41, 5.74) is 2.67. The van der Waals surface area contributed by atoms with Crippen molar-refractivity contribution in [2.45, 2.75) is 25.3 Å². The average molecular weight is 302 g/mol. The molecule has 1 aliphatic heterocycles. The summed E-state index contributed by atoms with van der Waals surface area (Å²) in [6.45, 7) is 1.25. The van der Waals surface area contributed by atoms with Crippen molar-refractivity contribution in [3.05, 3.63) is 36.0 Å². The molecular weight excluding hydrogens is 285 g/mol. The van der Waals surface area contributed by atoms with Gasteiger partial charge < -0.3 is 9.88 Å². The number of hydrogen-bond acceptors (Lipinski definition) is 1. The average Bonchev–Trinajstić information content (AvgIpc) is 2.88. The van der Waals surface area contributed by atoms with Gasteiger partial charge in [0.2, 0.25) is 0 Å². The third-order valence-electron chi connectivity index (χ3n) is 3.74. The van der Waals surface area contributed by atoms with E-state index in [2.05, 4.69) is 41.3 Å². The van der Waals surface area contributed by atoms with Gasteiger partial charge in [-0.3, -0.25) is 0 Å². The maximum absolute atomic E-state index is 3.34. The summed E-state index contributed by atoms with van der Waals surface area (Å²) in [4.78, 5) is 5.82. The maximum atomic E-state index is 3.34. The Kier molecular flexibility index (Phi) is 4.40. The van der Waals surface area contributed by atoms with Crippen LogP contribution in [0.5, 0.6) is 0 Å². The number of hydrogen-bond donors (Lipinski definition) is 1. The molecule has 1 saturated heterocycles. The monoisotopic (exact) mass is 302 g/mol. The van der Waals surface area contributed by atoms with E-state index in [0.717, 1.165) is 12.5 Å². The van der Waals surface area contributed by atoms with Crippen molar-refractivity contribution < 1.29 is 32.7 Å². The van der Waals surface area contributed by atoms with Crippen molar-refractivity contribution >= 4 is 10.9 Å². The predicted molar refractivity (Wildman–Crippen MR) is 66.5 cm³/mol. The van der Waals surface area contributed by atoms with Crippen molar-refractivity contribution in [3.63, 3.8) is 0 Å². The molecule has 3 heteroatoms. The van der Waals surface area contributed by atoms with Crippen LogP contribution in [0.3, 0.4) is 0 Å². The summed E-state index contributed by atoms with van der Waals surface area (Å²) in [6, 6.07) is 10.0. The molecular formula is C14H17N2Y-. The van der Waals surface area contributed by atoms with E-state index in [1.54, 1.807) is 0 Å². The SMILES string of the molecule is CN1CCC[C@@H]1Cc1c[nH]c2cc[c-]cc12.[Y]. The fraction of sp³-hybridized carbons (Fsp3) is 0.429. The van der Waals surface area contributed by atoms with Crippen LogP contribution in [0.4, 0.5) is 0 Å². The van der Waals surface area contributed by atoms with Crippen molar-refractivity contribution in [3.8, 4) is 0 Å². The summed E-state index contributed by atoms with van der Waals surface area (Å²) in [6.07, 6.45) is 5.99. The van der Waals surface area contributed by atoms with Gasteiger partial charge in [0.05, 0.1) is 0 Å². The van der Waals surface area contributed by atoms with Crippen LogP contribution in [0.25, 0.3) is 10.9 Å². The van der Waals surface area contributed by atoms with Gasteiger partial charge in [-0.05, 0) is 39.1 Å². The Bertz CT molecular complexity index is 492. The number of aromatic nitrogens is 1. The zero-order valence-electron chi connectivity index (χ0n) is 10.2. The number of rotatable bonds is 2. The molecule has 87 valence electrons. The summed E-state index contributed by atoms with van der Waals surface area (Å²) >= 11 is 0. The molecule has 0 bridgehead atoms. The minimum atomic E-state index is 0. The van der Waals surface area contributed by atoms with E-state index in [1.165, 1.54) is 35.9 Å². The van der Waals surface area contributed by atoms with Crippen LogP contribution in [0, 0.1) is 6.07 Å². The molecule has 1 aliphatic rings. The molecule has 0 aliphatic carbocycles. The molecule has 0 spiro atoms. The predicted octanol–water partition coefficient (Wildman–Crippen LogP) is 2.60. The molecule has 0 saturated carbocycles. The molecule has 0 amide bonds. The molecule has 1 atom stereocenters. The third-order valence-corrected chi connectivity index (χ3v) is 3.74. The van der Waals surface area contributed by atoms with Crippen molar-refractivity contribution in [2.24, 2.45) is 0 Å². The summed E-state index contributed by atoms with van der Waals surface area (Å²) in [5.74, 6) is 0. The van der Waals surface area contributed by atoms with Gasteiger partial charge in [0, 0.05) is 38.8 Å². The first-order chi connectivity index (χ1) is 7.84. The topological polar surface area (TPSA) is 19.0 Å². The van der Waals surface area contributed by atoms with Crippen LogP contribution in [0.2, 0.25) is 0 Å². The normalized spacial score (nSPS) is 20.6. The standard InChI is InChI=1S/C14H17N2.Y/c1-16-8-4-5-12(16)9-11-10-15-14-7-3-2-6-13(11)14;/h3,6-7,10,12,15H,4-5,8-9H2,1H3;/q-1;/t12-;/m1./s1. The van der Waals surface area contributed by atoms with E-state index in [1.807, 2.05) is 6.07 Å². The molecule has 0 unspecified atom stereocenters. The first-order valence-corrected chi connectivity index (χ1v) is 6.01. The van der Waals surface area contributed by atoms with Crippen LogP contribution < -0.4 is 0 Å². The van der Waals surface area contributed by atoms with E-state index in [0.29, 0.717) is 0 Å². The molecule has 3 rings (SSSR count). The van der Waals surface area contributed by atoms with Crippen molar-refractivity contribution in [2.75, 3.05) is 13.6 Å². The Morgan fingerprint density at radius 1 is 1.53 bits per heavy atom. The zero-order valence-corrected chi connectivity index (χ0v) is 13.1. The Morgan fingerprint density at radius 3 is 3.18 bits per heavy atom. The zero-order chi connectivity index (χ0) is 11.0. The summed E-state index contributed by atoms with van der Waals surface area (Å²) in [5, 5.41) is 1.34. The van der Waals surface area contributed by atoms with E-state index < -0.39 is 0 Å². The van der Waals surface area contributed by atoms with Gasteiger partial charge in [0.15, 0.2) is 0 Å². The first kappa shape index (κ1) is 13.3. The Labute approximate surface area is 128 Å². The second kappa shape index (κ2) is 5.64. The van der Waals surface area contributed by atoms with Gasteiger partial charge in [-0.15, -0.1) is 11.5 Å². The molecule has 2 nitrogen and oxygen atoms in total.